The molecule has 26 heavy (non-hydrogen) atoms. The molecule has 6 nitrogen and oxygen atoms in total. The number of carbonyl (C=O) groups excluding carboxylic acids is 3. The summed E-state index contributed by atoms with van der Waals surface area (Å²) in [5, 5.41) is 2.96. The number of hydrogen-bond donors (Lipinski definition) is 1. The molecule has 1 aromatic rings. The van der Waals surface area contributed by atoms with Gasteiger partial charge in [-0.1, -0.05) is 26.7 Å². The van der Waals surface area contributed by atoms with Crippen molar-refractivity contribution in [2.45, 2.75) is 46.1 Å². The van der Waals surface area contributed by atoms with E-state index < -0.39 is 5.97 Å². The lowest BCUT2D eigenvalue weighted by atomic mass is 9.78. The number of carbonyl (C=O) groups is 3. The van der Waals surface area contributed by atoms with Crippen LogP contribution in [0.3, 0.4) is 0 Å². The topological polar surface area (TPSA) is 81.7 Å². The Bertz CT molecular complexity index is 640. The third-order valence-electron chi connectivity index (χ3n) is 5.04. The number of Topliss-reactive ketones (excluding diaryl/α,β-unsaturated/α-hetero) is 1. The first-order chi connectivity index (χ1) is 12.4. The predicted molar refractivity (Wildman–Crippen MR) is 97.0 cm³/mol. The van der Waals surface area contributed by atoms with Gasteiger partial charge in [0.15, 0.2) is 19.0 Å². The van der Waals surface area contributed by atoms with Gasteiger partial charge in [-0.05, 0) is 49.4 Å². The summed E-state index contributed by atoms with van der Waals surface area (Å²) in [6.07, 6.45) is 3.25. The predicted octanol–water partition coefficient (Wildman–Crippen LogP) is 2.75. The number of nitrogens with one attached hydrogen (secondary N) is 1. The van der Waals surface area contributed by atoms with Crippen LogP contribution in [-0.2, 0) is 14.3 Å². The van der Waals surface area contributed by atoms with Crippen molar-refractivity contribution in [1.82, 2.24) is 5.32 Å². The third-order valence-corrected chi connectivity index (χ3v) is 5.04. The summed E-state index contributed by atoms with van der Waals surface area (Å²) < 4.78 is 10.3. The maximum atomic E-state index is 12.0. The summed E-state index contributed by atoms with van der Waals surface area (Å²) >= 11 is 0. The molecule has 1 aliphatic carbocycles. The number of benzene rings is 1. The van der Waals surface area contributed by atoms with Gasteiger partial charge in [0.25, 0.3) is 5.91 Å². The van der Waals surface area contributed by atoms with Crippen molar-refractivity contribution >= 4 is 17.7 Å². The Morgan fingerprint density at radius 2 is 1.77 bits per heavy atom. The Balaban J connectivity index is 1.69. The van der Waals surface area contributed by atoms with Crippen LogP contribution >= 0.6 is 0 Å². The molecule has 1 N–H and O–H groups in total. The van der Waals surface area contributed by atoms with Gasteiger partial charge < -0.3 is 14.8 Å². The van der Waals surface area contributed by atoms with Gasteiger partial charge in [0.1, 0.15) is 5.75 Å². The second-order valence-electron chi connectivity index (χ2n) is 6.97. The number of ketones is 1. The van der Waals surface area contributed by atoms with Gasteiger partial charge in [-0.15, -0.1) is 0 Å². The number of hydrogen-bond acceptors (Lipinski definition) is 5. The van der Waals surface area contributed by atoms with E-state index in [1.807, 2.05) is 0 Å². The van der Waals surface area contributed by atoms with Crippen molar-refractivity contribution in [3.63, 3.8) is 0 Å². The Kier molecular flexibility index (Phi) is 7.18. The molecule has 0 radical (unpaired) electrons. The quantitative estimate of drug-likeness (QED) is 0.596. The van der Waals surface area contributed by atoms with E-state index in [9.17, 15) is 14.4 Å². The maximum Gasteiger partial charge on any atom is 0.344 e. The van der Waals surface area contributed by atoms with Crippen LogP contribution in [0.5, 0.6) is 5.75 Å². The largest absolute Gasteiger partial charge is 0.482 e. The first-order valence-electron chi connectivity index (χ1n) is 9.05. The van der Waals surface area contributed by atoms with E-state index in [0.29, 0.717) is 23.1 Å². The molecular weight excluding hydrogens is 334 g/mol. The average Bonchev–Trinajstić information content (AvgIpc) is 2.62. The molecule has 0 saturated heterocycles. The first-order valence-corrected chi connectivity index (χ1v) is 9.05. The lowest BCUT2D eigenvalue weighted by Crippen LogP contribution is -2.45. The highest BCUT2D eigenvalue weighted by molar-refractivity contribution is 5.94. The highest BCUT2D eigenvalue weighted by Crippen LogP contribution is 2.29. The molecule has 1 amide bonds. The number of rotatable bonds is 7. The minimum Gasteiger partial charge on any atom is -0.482 e. The third kappa shape index (κ3) is 5.86. The van der Waals surface area contributed by atoms with Crippen LogP contribution in [0, 0.1) is 11.8 Å². The molecule has 0 unspecified atom stereocenters. The van der Waals surface area contributed by atoms with E-state index in [-0.39, 0.29) is 30.9 Å². The van der Waals surface area contributed by atoms with Gasteiger partial charge >= 0.3 is 5.97 Å². The van der Waals surface area contributed by atoms with Crippen molar-refractivity contribution in [2.75, 3.05) is 13.2 Å². The van der Waals surface area contributed by atoms with E-state index in [2.05, 4.69) is 19.2 Å². The summed E-state index contributed by atoms with van der Waals surface area (Å²) in [6.45, 7) is 5.23. The molecule has 1 saturated carbocycles. The Morgan fingerprint density at radius 3 is 2.42 bits per heavy atom. The van der Waals surface area contributed by atoms with Crippen LogP contribution in [0.15, 0.2) is 24.3 Å². The van der Waals surface area contributed by atoms with Crippen LogP contribution < -0.4 is 10.1 Å². The Hall–Kier alpha value is -2.37. The summed E-state index contributed by atoms with van der Waals surface area (Å²) in [5.74, 6) is 0.533. The maximum absolute atomic E-state index is 12.0. The van der Waals surface area contributed by atoms with Crippen LogP contribution in [0.2, 0.25) is 0 Å². The van der Waals surface area contributed by atoms with Crippen molar-refractivity contribution in [2.24, 2.45) is 11.8 Å². The Morgan fingerprint density at radius 1 is 1.08 bits per heavy atom. The standard InChI is InChI=1S/C20H27NO5/c1-13-5-4-6-18(14(13)2)21-19(23)11-26-20(24)12-25-17-9-7-16(8-10-17)15(3)22/h7-10,13-14,18H,4-6,11-12H2,1-3H3,(H,21,23)/t13-,14-,18+/m1/s1. The number of amides is 1. The smallest absolute Gasteiger partial charge is 0.344 e. The minimum atomic E-state index is -0.610. The summed E-state index contributed by atoms with van der Waals surface area (Å²) in [5.41, 5.74) is 0.572. The van der Waals surface area contributed by atoms with Crippen molar-refractivity contribution in [3.05, 3.63) is 29.8 Å². The lowest BCUT2D eigenvalue weighted by Gasteiger charge is -2.34. The molecule has 6 heteroatoms. The zero-order valence-corrected chi connectivity index (χ0v) is 15.6. The molecule has 0 aliphatic heterocycles. The van der Waals surface area contributed by atoms with Gasteiger partial charge in [0.2, 0.25) is 0 Å². The Labute approximate surface area is 154 Å². The fourth-order valence-electron chi connectivity index (χ4n) is 3.15. The van der Waals surface area contributed by atoms with Gasteiger partial charge in [-0.25, -0.2) is 4.79 Å². The average molecular weight is 361 g/mol. The normalized spacial score (nSPS) is 22.3. The summed E-state index contributed by atoms with van der Waals surface area (Å²) in [7, 11) is 0. The summed E-state index contributed by atoms with van der Waals surface area (Å²) in [6, 6.07) is 6.62. The lowest BCUT2D eigenvalue weighted by molar-refractivity contribution is -0.150. The number of ether oxygens (including phenoxy) is 2. The highest BCUT2D eigenvalue weighted by atomic mass is 16.6. The minimum absolute atomic E-state index is 0.0383. The van der Waals surface area contributed by atoms with E-state index >= 15 is 0 Å². The second-order valence-corrected chi connectivity index (χ2v) is 6.97. The molecule has 0 aromatic heterocycles. The van der Waals surface area contributed by atoms with E-state index in [0.717, 1.165) is 12.8 Å². The van der Waals surface area contributed by atoms with Crippen LogP contribution in [0.1, 0.15) is 50.4 Å². The van der Waals surface area contributed by atoms with Crippen LogP contribution in [0.4, 0.5) is 0 Å². The molecule has 1 fully saturated rings. The molecular formula is C20H27NO5. The molecule has 2 rings (SSSR count). The fraction of sp³-hybridized carbons (Fsp3) is 0.550. The molecule has 3 atom stereocenters. The monoisotopic (exact) mass is 361 g/mol. The van der Waals surface area contributed by atoms with Gasteiger partial charge in [0, 0.05) is 11.6 Å². The van der Waals surface area contributed by atoms with Gasteiger partial charge in [0.05, 0.1) is 0 Å². The van der Waals surface area contributed by atoms with E-state index in [4.69, 9.17) is 9.47 Å². The summed E-state index contributed by atoms with van der Waals surface area (Å²) in [4.78, 5) is 34.9. The fourth-order valence-corrected chi connectivity index (χ4v) is 3.15. The van der Waals surface area contributed by atoms with E-state index in [1.54, 1.807) is 24.3 Å². The molecule has 1 aliphatic rings. The van der Waals surface area contributed by atoms with Crippen molar-refractivity contribution in [3.8, 4) is 5.75 Å². The molecule has 142 valence electrons. The SMILES string of the molecule is CC(=O)c1ccc(OCC(=O)OCC(=O)N[C@H]2CCC[C@@H](C)[C@H]2C)cc1. The van der Waals surface area contributed by atoms with Crippen molar-refractivity contribution in [1.29, 1.82) is 0 Å². The zero-order valence-electron chi connectivity index (χ0n) is 15.6. The van der Waals surface area contributed by atoms with Gasteiger partial charge in [-0.2, -0.15) is 0 Å². The van der Waals surface area contributed by atoms with Crippen LogP contribution in [0.25, 0.3) is 0 Å². The van der Waals surface area contributed by atoms with Gasteiger partial charge in [-0.3, -0.25) is 9.59 Å². The molecule has 0 bridgehead atoms. The first kappa shape index (κ1) is 19.9. The second kappa shape index (κ2) is 9.36. The van der Waals surface area contributed by atoms with Crippen LogP contribution in [-0.4, -0.2) is 36.9 Å². The number of esters is 1. The van der Waals surface area contributed by atoms with E-state index in [1.165, 1.54) is 13.3 Å². The molecule has 0 spiro atoms. The zero-order chi connectivity index (χ0) is 19.1. The van der Waals surface area contributed by atoms with Crippen molar-refractivity contribution < 1.29 is 23.9 Å². The highest BCUT2D eigenvalue weighted by Gasteiger charge is 2.28. The molecule has 0 heterocycles. The molecule has 1 aromatic carbocycles.